The van der Waals surface area contributed by atoms with Crippen molar-refractivity contribution in [2.45, 2.75) is 25.8 Å². The van der Waals surface area contributed by atoms with Crippen molar-refractivity contribution < 1.29 is 18.7 Å². The normalized spacial score (nSPS) is 18.9. The van der Waals surface area contributed by atoms with E-state index in [1.165, 1.54) is 19.8 Å². The number of benzene rings is 2. The number of rotatable bonds is 5. The molecule has 2 aromatic carbocycles. The van der Waals surface area contributed by atoms with Crippen LogP contribution in [-0.4, -0.2) is 38.0 Å². The number of ketones is 1. The van der Waals surface area contributed by atoms with E-state index in [9.17, 15) is 9.18 Å². The van der Waals surface area contributed by atoms with Crippen LogP contribution in [0.15, 0.2) is 48.0 Å². The highest BCUT2D eigenvalue weighted by Gasteiger charge is 2.33. The van der Waals surface area contributed by atoms with E-state index in [0.717, 1.165) is 32.5 Å². The average molecular weight is 395 g/mol. The largest absolute Gasteiger partial charge is 0.493 e. The van der Waals surface area contributed by atoms with E-state index in [1.54, 1.807) is 6.07 Å². The highest BCUT2D eigenvalue weighted by atomic mass is 19.1. The number of carbonyl (C=O) groups is 1. The Kier molecular flexibility index (Phi) is 5.67. The van der Waals surface area contributed by atoms with Crippen LogP contribution in [0.1, 0.15) is 34.3 Å². The fourth-order valence-electron chi connectivity index (χ4n) is 4.37. The van der Waals surface area contributed by atoms with E-state index in [-0.39, 0.29) is 17.1 Å². The first-order valence-electron chi connectivity index (χ1n) is 10.1. The summed E-state index contributed by atoms with van der Waals surface area (Å²) in [6.07, 6.45) is 4.54. The van der Waals surface area contributed by atoms with Crippen LogP contribution in [0.5, 0.6) is 11.5 Å². The van der Waals surface area contributed by atoms with Gasteiger partial charge in [-0.25, -0.2) is 4.39 Å². The Morgan fingerprint density at radius 3 is 2.52 bits per heavy atom. The third-order valence-corrected chi connectivity index (χ3v) is 5.91. The van der Waals surface area contributed by atoms with Gasteiger partial charge < -0.3 is 9.47 Å². The van der Waals surface area contributed by atoms with Crippen molar-refractivity contribution in [2.75, 3.05) is 27.3 Å². The molecule has 1 aliphatic carbocycles. The molecule has 4 nitrogen and oxygen atoms in total. The number of hydrogen-bond donors (Lipinski definition) is 0. The van der Waals surface area contributed by atoms with Gasteiger partial charge in [0.2, 0.25) is 0 Å². The second-order valence-corrected chi connectivity index (χ2v) is 7.76. The zero-order valence-electron chi connectivity index (χ0n) is 16.9. The summed E-state index contributed by atoms with van der Waals surface area (Å²) in [7, 11) is 2.85. The summed E-state index contributed by atoms with van der Waals surface area (Å²) < 4.78 is 25.2. The maximum absolute atomic E-state index is 14.8. The Morgan fingerprint density at radius 1 is 1.14 bits per heavy atom. The van der Waals surface area contributed by atoms with Gasteiger partial charge in [-0.15, -0.1) is 0 Å². The van der Waals surface area contributed by atoms with Crippen LogP contribution < -0.4 is 9.47 Å². The van der Waals surface area contributed by atoms with Crippen LogP contribution in [-0.2, 0) is 13.0 Å². The number of methoxy groups -OCH3 is 2. The molecule has 4 rings (SSSR count). The van der Waals surface area contributed by atoms with E-state index in [4.69, 9.17) is 9.47 Å². The molecule has 0 N–H and O–H groups in total. The predicted octanol–water partition coefficient (Wildman–Crippen LogP) is 4.42. The van der Waals surface area contributed by atoms with Gasteiger partial charge in [0.05, 0.1) is 19.8 Å². The fourth-order valence-corrected chi connectivity index (χ4v) is 4.37. The summed E-state index contributed by atoms with van der Waals surface area (Å²) in [5, 5.41) is 0. The second kappa shape index (κ2) is 8.37. The average Bonchev–Trinajstić information content (AvgIpc) is 3.05. The molecule has 152 valence electrons. The first kappa shape index (κ1) is 19.6. The number of fused-ring (bicyclic) bond motifs is 1. The van der Waals surface area contributed by atoms with E-state index in [2.05, 4.69) is 35.2 Å². The van der Waals surface area contributed by atoms with Gasteiger partial charge in [-0.3, -0.25) is 9.69 Å². The van der Waals surface area contributed by atoms with Gasteiger partial charge in [0.1, 0.15) is 0 Å². The summed E-state index contributed by atoms with van der Waals surface area (Å²) in [6, 6.07) is 12.2. The van der Waals surface area contributed by atoms with Crippen molar-refractivity contribution in [1.29, 1.82) is 0 Å². The van der Waals surface area contributed by atoms with Crippen molar-refractivity contribution in [3.63, 3.8) is 0 Å². The van der Waals surface area contributed by atoms with Gasteiger partial charge in [-0.1, -0.05) is 36.4 Å². The molecule has 1 aliphatic heterocycles. The van der Waals surface area contributed by atoms with Gasteiger partial charge >= 0.3 is 0 Å². The molecule has 1 saturated heterocycles. The molecule has 0 unspecified atom stereocenters. The molecule has 0 atom stereocenters. The third-order valence-electron chi connectivity index (χ3n) is 5.91. The summed E-state index contributed by atoms with van der Waals surface area (Å²) >= 11 is 0. The zero-order chi connectivity index (χ0) is 20.4. The standard InChI is InChI=1S/C24H26FNO3/c1-28-20-14-18-13-19(23(27)21(18)22(25)24(20)29-2)12-16-8-10-26(11-9-16)15-17-6-4-3-5-7-17/h3-7,12,14,16H,8-11,13,15H2,1-2H3/b19-12-/i25+0. The molecular weight excluding hydrogens is 369 g/mol. The van der Waals surface area contributed by atoms with Gasteiger partial charge in [0.25, 0.3) is 0 Å². The lowest BCUT2D eigenvalue weighted by molar-refractivity contribution is 0.103. The van der Waals surface area contributed by atoms with Gasteiger partial charge in [0.15, 0.2) is 23.1 Å². The minimum Gasteiger partial charge on any atom is -0.493 e. The van der Waals surface area contributed by atoms with E-state index < -0.39 is 5.82 Å². The molecular formula is C24H26FNO3. The van der Waals surface area contributed by atoms with Crippen molar-refractivity contribution in [2.24, 2.45) is 5.92 Å². The summed E-state index contributed by atoms with van der Waals surface area (Å²) in [5.74, 6) is -0.165. The van der Waals surface area contributed by atoms with E-state index >= 15 is 0 Å². The Balaban J connectivity index is 1.44. The number of piperidine rings is 1. The first-order valence-corrected chi connectivity index (χ1v) is 10.1. The van der Waals surface area contributed by atoms with Crippen LogP contribution in [0.2, 0.25) is 0 Å². The fraction of sp³-hybridized carbons (Fsp3) is 0.375. The molecule has 0 aromatic heterocycles. The molecule has 0 amide bonds. The van der Waals surface area contributed by atoms with Gasteiger partial charge in [-0.05, 0) is 49.0 Å². The predicted molar refractivity (Wildman–Crippen MR) is 110 cm³/mol. The molecule has 0 radical (unpaired) electrons. The number of likely N-dealkylation sites (tertiary alicyclic amines) is 1. The number of carbonyl (C=O) groups excluding carboxylic acids is 1. The highest BCUT2D eigenvalue weighted by molar-refractivity contribution is 6.13. The molecule has 2 aliphatic rings. The van der Waals surface area contributed by atoms with Crippen LogP contribution in [0.4, 0.5) is 4.39 Å². The summed E-state index contributed by atoms with van der Waals surface area (Å²) in [5.41, 5.74) is 2.83. The van der Waals surface area contributed by atoms with E-state index in [1.807, 2.05) is 6.07 Å². The molecule has 5 heteroatoms. The lowest BCUT2D eigenvalue weighted by Crippen LogP contribution is -2.32. The number of Topliss-reactive ketones (excluding diaryl/α,β-unsaturated/α-hetero) is 1. The lowest BCUT2D eigenvalue weighted by Gasteiger charge is -2.30. The van der Waals surface area contributed by atoms with Crippen molar-refractivity contribution in [3.8, 4) is 11.5 Å². The molecule has 2 aromatic rings. The maximum Gasteiger partial charge on any atom is 0.197 e. The van der Waals surface area contributed by atoms with Crippen LogP contribution in [0.25, 0.3) is 0 Å². The minimum absolute atomic E-state index is 0.00456. The Hall–Kier alpha value is -2.66. The number of allylic oxidation sites excluding steroid dienone is 2. The van der Waals surface area contributed by atoms with Crippen LogP contribution in [0.3, 0.4) is 0 Å². The Bertz CT molecular complexity index is 931. The van der Waals surface area contributed by atoms with Crippen molar-refractivity contribution in [1.82, 2.24) is 4.90 Å². The molecule has 0 saturated carbocycles. The minimum atomic E-state index is -0.618. The maximum atomic E-state index is 14.8. The third kappa shape index (κ3) is 3.92. The highest BCUT2D eigenvalue weighted by Crippen LogP contribution is 2.40. The topological polar surface area (TPSA) is 38.8 Å². The molecule has 1 fully saturated rings. The lowest BCUT2D eigenvalue weighted by atomic mass is 9.93. The SMILES string of the molecule is COc1cc2c(c([19F])c1OC)C(=O)/C(=C\C1CCN(Cc3ccccc3)CC1)C2. The van der Waals surface area contributed by atoms with E-state index in [0.29, 0.717) is 29.2 Å². The molecule has 0 bridgehead atoms. The Morgan fingerprint density at radius 2 is 1.86 bits per heavy atom. The Labute approximate surface area is 170 Å². The smallest absolute Gasteiger partial charge is 0.197 e. The molecule has 0 spiro atoms. The van der Waals surface area contributed by atoms with Crippen LogP contribution in [0, 0.1) is 11.7 Å². The van der Waals surface area contributed by atoms with Crippen molar-refractivity contribution in [3.05, 3.63) is 70.6 Å². The first-order chi connectivity index (χ1) is 14.1. The molecule has 29 heavy (non-hydrogen) atoms. The summed E-state index contributed by atoms with van der Waals surface area (Å²) in [4.78, 5) is 15.3. The van der Waals surface area contributed by atoms with Crippen molar-refractivity contribution >= 4 is 5.78 Å². The number of ether oxygens (including phenoxy) is 2. The van der Waals surface area contributed by atoms with Gasteiger partial charge in [-0.2, -0.15) is 0 Å². The number of nitrogens with zero attached hydrogens (tertiary/aromatic N) is 1. The quantitative estimate of drug-likeness (QED) is 0.703. The monoisotopic (exact) mass is 395 g/mol. The number of halogens is 1. The zero-order valence-corrected chi connectivity index (χ0v) is 16.9. The molecule has 1 heterocycles. The summed E-state index contributed by atoms with van der Waals surface area (Å²) in [6.45, 7) is 2.96. The van der Waals surface area contributed by atoms with Crippen LogP contribution >= 0.6 is 0 Å². The number of hydrogen-bond acceptors (Lipinski definition) is 4. The second-order valence-electron chi connectivity index (χ2n) is 7.76. The van der Waals surface area contributed by atoms with Gasteiger partial charge in [0, 0.05) is 18.5 Å².